The highest BCUT2D eigenvalue weighted by Gasteiger charge is 2.34. The van der Waals surface area contributed by atoms with Gasteiger partial charge in [0.15, 0.2) is 0 Å². The Kier molecular flexibility index (Phi) is 5.31. The van der Waals surface area contributed by atoms with Crippen molar-refractivity contribution in [2.45, 2.75) is 31.7 Å². The van der Waals surface area contributed by atoms with E-state index in [1.54, 1.807) is 11.0 Å². The normalized spacial score (nSPS) is 21.2. The average Bonchev–Trinajstić information content (AvgIpc) is 2.60. The summed E-state index contributed by atoms with van der Waals surface area (Å²) >= 11 is 0. The molecule has 7 heteroatoms. The lowest BCUT2D eigenvalue weighted by atomic mass is 10.0. The van der Waals surface area contributed by atoms with Crippen LogP contribution in [0.2, 0.25) is 0 Å². The van der Waals surface area contributed by atoms with Crippen LogP contribution in [0.1, 0.15) is 37.3 Å². The van der Waals surface area contributed by atoms with Crippen molar-refractivity contribution in [1.82, 2.24) is 15.1 Å². The first-order valence-corrected chi connectivity index (χ1v) is 8.66. The highest BCUT2D eigenvalue weighted by atomic mass is 19.1. The lowest BCUT2D eigenvalue weighted by molar-refractivity contribution is -0.144. The molecule has 2 fully saturated rings. The van der Waals surface area contributed by atoms with Gasteiger partial charge in [-0.3, -0.25) is 14.4 Å². The maximum absolute atomic E-state index is 13.5. The van der Waals surface area contributed by atoms with E-state index in [1.807, 2.05) is 0 Å². The third kappa shape index (κ3) is 3.97. The topological polar surface area (TPSA) is 69.7 Å². The van der Waals surface area contributed by atoms with E-state index in [0.29, 0.717) is 38.2 Å². The summed E-state index contributed by atoms with van der Waals surface area (Å²) in [6.07, 6.45) is 2.56. The van der Waals surface area contributed by atoms with Crippen molar-refractivity contribution in [2.75, 3.05) is 26.2 Å². The van der Waals surface area contributed by atoms with Crippen molar-refractivity contribution in [1.29, 1.82) is 0 Å². The minimum Gasteiger partial charge on any atom is -0.352 e. The Hall–Kier alpha value is -2.44. The average molecular weight is 347 g/mol. The van der Waals surface area contributed by atoms with E-state index < -0.39 is 11.9 Å². The van der Waals surface area contributed by atoms with E-state index in [4.69, 9.17) is 0 Å². The molecule has 2 aliphatic heterocycles. The zero-order chi connectivity index (χ0) is 17.8. The molecule has 0 spiro atoms. The van der Waals surface area contributed by atoms with Crippen LogP contribution in [-0.4, -0.2) is 53.7 Å². The van der Waals surface area contributed by atoms with Gasteiger partial charge in [-0.15, -0.1) is 0 Å². The molecule has 2 saturated heterocycles. The summed E-state index contributed by atoms with van der Waals surface area (Å²) in [4.78, 5) is 40.0. The van der Waals surface area contributed by atoms with E-state index in [0.717, 1.165) is 12.8 Å². The Labute approximate surface area is 146 Å². The predicted octanol–water partition coefficient (Wildman–Crippen LogP) is 1.23. The smallest absolute Gasteiger partial charge is 0.247 e. The molecule has 134 valence electrons. The van der Waals surface area contributed by atoms with Gasteiger partial charge in [0.2, 0.25) is 17.7 Å². The van der Waals surface area contributed by atoms with Gasteiger partial charge in [0.05, 0.1) is 0 Å². The van der Waals surface area contributed by atoms with Gasteiger partial charge in [-0.1, -0.05) is 12.1 Å². The molecule has 1 N–H and O–H groups in total. The first-order chi connectivity index (χ1) is 12.1. The second kappa shape index (κ2) is 7.63. The molecule has 2 aliphatic rings. The third-order valence-corrected chi connectivity index (χ3v) is 4.71. The van der Waals surface area contributed by atoms with Crippen molar-refractivity contribution in [3.05, 3.63) is 35.6 Å². The molecule has 3 rings (SSSR count). The maximum Gasteiger partial charge on any atom is 0.247 e. The summed E-state index contributed by atoms with van der Waals surface area (Å²) in [5.41, 5.74) is 0.458. The van der Waals surface area contributed by atoms with Crippen molar-refractivity contribution in [2.24, 2.45) is 0 Å². The standard InChI is InChI=1S/C18H22FN3O3/c19-14-5-3-4-13(12-14)17-18(25)20-8-11-22(17)16(24)7-10-21-9-2-1-6-15(21)23/h3-5,12,17H,1-2,6-11H2,(H,20,25)/t17-/m1/s1. The minimum absolute atomic E-state index is 0.0807. The predicted molar refractivity (Wildman–Crippen MR) is 88.9 cm³/mol. The quantitative estimate of drug-likeness (QED) is 0.891. The number of amides is 3. The Morgan fingerprint density at radius 3 is 2.84 bits per heavy atom. The fraction of sp³-hybridized carbons (Fsp3) is 0.500. The molecule has 0 aromatic heterocycles. The largest absolute Gasteiger partial charge is 0.352 e. The molecule has 2 heterocycles. The number of hydrogen-bond donors (Lipinski definition) is 1. The van der Waals surface area contributed by atoms with Crippen LogP contribution in [0.3, 0.4) is 0 Å². The van der Waals surface area contributed by atoms with E-state index >= 15 is 0 Å². The van der Waals surface area contributed by atoms with Gasteiger partial charge < -0.3 is 15.1 Å². The lowest BCUT2D eigenvalue weighted by Crippen LogP contribution is -2.52. The number of hydrogen-bond acceptors (Lipinski definition) is 3. The molecule has 0 unspecified atom stereocenters. The van der Waals surface area contributed by atoms with Gasteiger partial charge >= 0.3 is 0 Å². The zero-order valence-electron chi connectivity index (χ0n) is 14.0. The molecule has 0 saturated carbocycles. The highest BCUT2D eigenvalue weighted by molar-refractivity contribution is 5.90. The van der Waals surface area contributed by atoms with Crippen LogP contribution in [0.5, 0.6) is 0 Å². The zero-order valence-corrected chi connectivity index (χ0v) is 14.0. The fourth-order valence-electron chi connectivity index (χ4n) is 3.42. The molecular weight excluding hydrogens is 325 g/mol. The number of piperidine rings is 1. The Morgan fingerprint density at radius 1 is 1.24 bits per heavy atom. The molecule has 3 amide bonds. The molecular formula is C18H22FN3O3. The number of likely N-dealkylation sites (tertiary alicyclic amines) is 1. The lowest BCUT2D eigenvalue weighted by Gasteiger charge is -2.36. The number of nitrogens with one attached hydrogen (secondary N) is 1. The second-order valence-electron chi connectivity index (χ2n) is 6.42. The summed E-state index contributed by atoms with van der Waals surface area (Å²) in [5.74, 6) is -0.860. The molecule has 6 nitrogen and oxygen atoms in total. The molecule has 1 atom stereocenters. The number of carbonyl (C=O) groups excluding carboxylic acids is 3. The van der Waals surface area contributed by atoms with E-state index in [9.17, 15) is 18.8 Å². The Bertz CT molecular complexity index is 679. The van der Waals surface area contributed by atoms with Crippen LogP contribution in [0.25, 0.3) is 0 Å². The Balaban J connectivity index is 1.70. The van der Waals surface area contributed by atoms with Crippen LogP contribution in [0.15, 0.2) is 24.3 Å². The Morgan fingerprint density at radius 2 is 2.08 bits per heavy atom. The van der Waals surface area contributed by atoms with Crippen molar-refractivity contribution < 1.29 is 18.8 Å². The molecule has 25 heavy (non-hydrogen) atoms. The summed E-state index contributed by atoms with van der Waals surface area (Å²) in [6.45, 7) is 1.80. The number of benzene rings is 1. The summed E-state index contributed by atoms with van der Waals surface area (Å²) in [6, 6.07) is 4.94. The van der Waals surface area contributed by atoms with Crippen LogP contribution in [0.4, 0.5) is 4.39 Å². The molecule has 0 radical (unpaired) electrons. The highest BCUT2D eigenvalue weighted by Crippen LogP contribution is 2.25. The molecule has 1 aromatic rings. The van der Waals surface area contributed by atoms with E-state index in [-0.39, 0.29) is 24.1 Å². The van der Waals surface area contributed by atoms with E-state index in [2.05, 4.69) is 5.32 Å². The number of halogens is 1. The maximum atomic E-state index is 13.5. The first kappa shape index (κ1) is 17.4. The molecule has 0 bridgehead atoms. The van der Waals surface area contributed by atoms with Gasteiger partial charge in [-0.05, 0) is 30.5 Å². The first-order valence-electron chi connectivity index (χ1n) is 8.66. The molecule has 1 aromatic carbocycles. The van der Waals surface area contributed by atoms with Gasteiger partial charge in [0.25, 0.3) is 0 Å². The van der Waals surface area contributed by atoms with Gasteiger partial charge in [0, 0.05) is 39.0 Å². The summed E-state index contributed by atoms with van der Waals surface area (Å²) < 4.78 is 13.5. The second-order valence-corrected chi connectivity index (χ2v) is 6.42. The SMILES string of the molecule is O=C1NCCN(C(=O)CCN2CCCCC2=O)[C@@H]1c1cccc(F)c1. The number of piperazine rings is 1. The molecule has 0 aliphatic carbocycles. The van der Waals surface area contributed by atoms with Crippen LogP contribution < -0.4 is 5.32 Å². The summed E-state index contributed by atoms with van der Waals surface area (Å²) in [5, 5.41) is 2.73. The van der Waals surface area contributed by atoms with Crippen molar-refractivity contribution >= 4 is 17.7 Å². The van der Waals surface area contributed by atoms with Gasteiger partial charge in [-0.2, -0.15) is 0 Å². The van der Waals surface area contributed by atoms with Crippen LogP contribution >= 0.6 is 0 Å². The van der Waals surface area contributed by atoms with Gasteiger partial charge in [-0.25, -0.2) is 4.39 Å². The van der Waals surface area contributed by atoms with Crippen molar-refractivity contribution in [3.63, 3.8) is 0 Å². The summed E-state index contributed by atoms with van der Waals surface area (Å²) in [7, 11) is 0. The van der Waals surface area contributed by atoms with Crippen LogP contribution in [-0.2, 0) is 14.4 Å². The number of nitrogens with zero attached hydrogens (tertiary/aromatic N) is 2. The van der Waals surface area contributed by atoms with Crippen LogP contribution in [0, 0.1) is 5.82 Å². The fourth-order valence-corrected chi connectivity index (χ4v) is 3.42. The third-order valence-electron chi connectivity index (χ3n) is 4.71. The minimum atomic E-state index is -0.825. The number of carbonyl (C=O) groups is 3. The van der Waals surface area contributed by atoms with Gasteiger partial charge in [0.1, 0.15) is 11.9 Å². The van der Waals surface area contributed by atoms with E-state index in [1.165, 1.54) is 23.1 Å². The monoisotopic (exact) mass is 347 g/mol. The van der Waals surface area contributed by atoms with Crippen molar-refractivity contribution in [3.8, 4) is 0 Å². The number of rotatable bonds is 4.